The number of carbonyl (C=O) groups excluding carboxylic acids is 1. The summed E-state index contributed by atoms with van der Waals surface area (Å²) in [7, 11) is 1.65. The number of methoxy groups -OCH3 is 1. The summed E-state index contributed by atoms with van der Waals surface area (Å²) < 4.78 is 5.09. The second kappa shape index (κ2) is 7.11. The number of hydrogen-bond acceptors (Lipinski definition) is 3. The van der Waals surface area contributed by atoms with E-state index in [1.807, 2.05) is 24.3 Å². The van der Waals surface area contributed by atoms with Crippen molar-refractivity contribution in [1.29, 1.82) is 0 Å². The van der Waals surface area contributed by atoms with Gasteiger partial charge in [-0.25, -0.2) is 0 Å². The summed E-state index contributed by atoms with van der Waals surface area (Å²) in [6.07, 6.45) is 0. The Hall–Kier alpha value is -2.04. The number of para-hydroxylation sites is 1. The summed E-state index contributed by atoms with van der Waals surface area (Å²) in [6, 6.07) is 12.9. The predicted molar refractivity (Wildman–Crippen MR) is 84.2 cm³/mol. The van der Waals surface area contributed by atoms with E-state index in [0.717, 1.165) is 11.1 Å². The number of nitrogens with one attached hydrogen (secondary N) is 1. The predicted octanol–water partition coefficient (Wildman–Crippen LogP) is 3.00. The molecule has 0 radical (unpaired) electrons. The smallest absolute Gasteiger partial charge is 0.253 e. The van der Waals surface area contributed by atoms with Gasteiger partial charge in [0.05, 0.1) is 22.9 Å². The first-order valence-corrected chi connectivity index (χ1v) is 6.88. The maximum Gasteiger partial charge on any atom is 0.253 e. The number of carbonyl (C=O) groups is 1. The Labute approximate surface area is 128 Å². The van der Waals surface area contributed by atoms with E-state index < -0.39 is 0 Å². The normalized spacial score (nSPS) is 10.4. The minimum Gasteiger partial charge on any atom is -0.397 e. The van der Waals surface area contributed by atoms with E-state index in [9.17, 15) is 4.79 Å². The third kappa shape index (κ3) is 3.97. The van der Waals surface area contributed by atoms with Crippen LogP contribution in [0.2, 0.25) is 5.02 Å². The monoisotopic (exact) mass is 304 g/mol. The molecule has 2 aromatic rings. The Morgan fingerprint density at radius 1 is 1.24 bits per heavy atom. The molecule has 5 heteroatoms. The van der Waals surface area contributed by atoms with Crippen LogP contribution in [0, 0.1) is 0 Å². The number of hydrogen-bond donors (Lipinski definition) is 2. The zero-order valence-electron chi connectivity index (χ0n) is 11.7. The number of halogens is 1. The lowest BCUT2D eigenvalue weighted by Gasteiger charge is -2.09. The van der Waals surface area contributed by atoms with E-state index in [-0.39, 0.29) is 5.91 Å². The van der Waals surface area contributed by atoms with Crippen molar-refractivity contribution in [2.45, 2.75) is 13.2 Å². The Morgan fingerprint density at radius 3 is 2.71 bits per heavy atom. The molecule has 2 aromatic carbocycles. The second-order valence-corrected chi connectivity index (χ2v) is 5.04. The van der Waals surface area contributed by atoms with Crippen molar-refractivity contribution in [3.8, 4) is 0 Å². The number of rotatable bonds is 5. The number of benzene rings is 2. The topological polar surface area (TPSA) is 64.3 Å². The zero-order chi connectivity index (χ0) is 15.2. The zero-order valence-corrected chi connectivity index (χ0v) is 12.5. The fourth-order valence-corrected chi connectivity index (χ4v) is 2.18. The number of ether oxygens (including phenoxy) is 1. The van der Waals surface area contributed by atoms with Crippen LogP contribution in [0.25, 0.3) is 0 Å². The van der Waals surface area contributed by atoms with Gasteiger partial charge in [0, 0.05) is 13.7 Å². The van der Waals surface area contributed by atoms with E-state index in [4.69, 9.17) is 22.1 Å². The average Bonchev–Trinajstić information content (AvgIpc) is 2.48. The lowest BCUT2D eigenvalue weighted by Crippen LogP contribution is -2.23. The van der Waals surface area contributed by atoms with Crippen molar-refractivity contribution >= 4 is 23.2 Å². The molecule has 0 atom stereocenters. The van der Waals surface area contributed by atoms with Gasteiger partial charge in [-0.1, -0.05) is 41.9 Å². The molecule has 0 spiro atoms. The first-order valence-electron chi connectivity index (χ1n) is 6.50. The van der Waals surface area contributed by atoms with Crippen LogP contribution in [0.1, 0.15) is 21.5 Å². The third-order valence-corrected chi connectivity index (χ3v) is 3.38. The number of nitrogen functional groups attached to an aromatic ring is 1. The van der Waals surface area contributed by atoms with Crippen LogP contribution >= 0.6 is 11.6 Å². The minimum absolute atomic E-state index is 0.243. The van der Waals surface area contributed by atoms with Crippen molar-refractivity contribution in [1.82, 2.24) is 5.32 Å². The molecule has 4 nitrogen and oxygen atoms in total. The fourth-order valence-electron chi connectivity index (χ4n) is 2.01. The van der Waals surface area contributed by atoms with Crippen molar-refractivity contribution in [2.75, 3.05) is 12.8 Å². The van der Waals surface area contributed by atoms with Crippen molar-refractivity contribution in [3.63, 3.8) is 0 Å². The van der Waals surface area contributed by atoms with E-state index in [0.29, 0.717) is 29.4 Å². The molecule has 3 N–H and O–H groups in total. The van der Waals surface area contributed by atoms with E-state index >= 15 is 0 Å². The summed E-state index contributed by atoms with van der Waals surface area (Å²) in [5, 5.41) is 3.21. The summed E-state index contributed by atoms with van der Waals surface area (Å²) in [5.41, 5.74) is 8.55. The highest BCUT2D eigenvalue weighted by Crippen LogP contribution is 2.22. The molecule has 0 aliphatic heterocycles. The Balaban J connectivity index is 2.04. The van der Waals surface area contributed by atoms with Gasteiger partial charge in [0.15, 0.2) is 0 Å². The molecular formula is C16H17ClN2O2. The van der Waals surface area contributed by atoms with Gasteiger partial charge in [0.25, 0.3) is 5.91 Å². The molecule has 21 heavy (non-hydrogen) atoms. The van der Waals surface area contributed by atoms with E-state index in [1.54, 1.807) is 25.3 Å². The van der Waals surface area contributed by atoms with Gasteiger partial charge in [0.2, 0.25) is 0 Å². The van der Waals surface area contributed by atoms with E-state index in [2.05, 4.69) is 5.32 Å². The van der Waals surface area contributed by atoms with Crippen molar-refractivity contribution < 1.29 is 9.53 Å². The SMILES string of the molecule is COCc1cccc(CNC(=O)c2cccc(Cl)c2N)c1. The lowest BCUT2D eigenvalue weighted by atomic mass is 10.1. The van der Waals surface area contributed by atoms with Gasteiger partial charge in [-0.05, 0) is 23.3 Å². The van der Waals surface area contributed by atoms with E-state index in [1.165, 1.54) is 0 Å². The van der Waals surface area contributed by atoms with Crippen LogP contribution in [0.5, 0.6) is 0 Å². The quantitative estimate of drug-likeness (QED) is 0.835. The molecule has 0 heterocycles. The molecule has 2 rings (SSSR count). The van der Waals surface area contributed by atoms with Gasteiger partial charge < -0.3 is 15.8 Å². The molecule has 0 fully saturated rings. The Kier molecular flexibility index (Phi) is 5.20. The van der Waals surface area contributed by atoms with Crippen molar-refractivity contribution in [3.05, 3.63) is 64.2 Å². The molecule has 0 bridgehead atoms. The standard InChI is InChI=1S/C16H17ClN2O2/c1-21-10-12-5-2-4-11(8-12)9-19-16(20)13-6-3-7-14(17)15(13)18/h2-8H,9-10,18H2,1H3,(H,19,20). The summed E-state index contributed by atoms with van der Waals surface area (Å²) in [4.78, 5) is 12.1. The highest BCUT2D eigenvalue weighted by atomic mass is 35.5. The van der Waals surface area contributed by atoms with Gasteiger partial charge in [0.1, 0.15) is 0 Å². The van der Waals surface area contributed by atoms with Gasteiger partial charge in [-0.2, -0.15) is 0 Å². The molecule has 0 saturated carbocycles. The largest absolute Gasteiger partial charge is 0.397 e. The molecule has 0 saturated heterocycles. The van der Waals surface area contributed by atoms with Crippen molar-refractivity contribution in [2.24, 2.45) is 0 Å². The number of amides is 1. The maximum absolute atomic E-state index is 12.1. The first kappa shape index (κ1) is 15.4. The Morgan fingerprint density at radius 2 is 1.95 bits per heavy atom. The highest BCUT2D eigenvalue weighted by molar-refractivity contribution is 6.33. The summed E-state index contributed by atoms with van der Waals surface area (Å²) in [6.45, 7) is 0.964. The lowest BCUT2D eigenvalue weighted by molar-refractivity contribution is 0.0952. The van der Waals surface area contributed by atoms with Crippen LogP contribution in [0.4, 0.5) is 5.69 Å². The first-order chi connectivity index (χ1) is 10.1. The van der Waals surface area contributed by atoms with Crippen LogP contribution in [-0.2, 0) is 17.9 Å². The fraction of sp³-hybridized carbons (Fsp3) is 0.188. The second-order valence-electron chi connectivity index (χ2n) is 4.64. The summed E-state index contributed by atoms with van der Waals surface area (Å²) in [5.74, 6) is -0.243. The maximum atomic E-state index is 12.1. The van der Waals surface area contributed by atoms with Gasteiger partial charge >= 0.3 is 0 Å². The molecule has 0 aromatic heterocycles. The van der Waals surface area contributed by atoms with Gasteiger partial charge in [-0.3, -0.25) is 4.79 Å². The van der Waals surface area contributed by atoms with Gasteiger partial charge in [-0.15, -0.1) is 0 Å². The molecule has 110 valence electrons. The molecule has 0 aliphatic carbocycles. The number of nitrogens with two attached hydrogens (primary N) is 1. The molecular weight excluding hydrogens is 288 g/mol. The third-order valence-electron chi connectivity index (χ3n) is 3.05. The van der Waals surface area contributed by atoms with Crippen LogP contribution in [0.15, 0.2) is 42.5 Å². The van der Waals surface area contributed by atoms with Crippen LogP contribution in [-0.4, -0.2) is 13.0 Å². The van der Waals surface area contributed by atoms with Crippen LogP contribution in [0.3, 0.4) is 0 Å². The minimum atomic E-state index is -0.243. The molecule has 0 aliphatic rings. The average molecular weight is 305 g/mol. The Bertz CT molecular complexity index is 644. The molecule has 0 unspecified atom stereocenters. The summed E-state index contributed by atoms with van der Waals surface area (Å²) >= 11 is 5.91. The van der Waals surface area contributed by atoms with Crippen LogP contribution < -0.4 is 11.1 Å². The number of anilines is 1. The molecule has 1 amide bonds. The highest BCUT2D eigenvalue weighted by Gasteiger charge is 2.11.